The molecule has 0 spiro atoms. The van der Waals surface area contributed by atoms with Crippen LogP contribution in [0.3, 0.4) is 0 Å². The van der Waals surface area contributed by atoms with Crippen LogP contribution in [0.2, 0.25) is 0 Å². The van der Waals surface area contributed by atoms with Crippen LogP contribution in [0.5, 0.6) is 5.75 Å². The molecule has 0 aliphatic carbocycles. The summed E-state index contributed by atoms with van der Waals surface area (Å²) >= 11 is 0. The van der Waals surface area contributed by atoms with Gasteiger partial charge in [-0.25, -0.2) is 4.79 Å². The van der Waals surface area contributed by atoms with Crippen molar-refractivity contribution < 1.29 is 19.1 Å². The zero-order chi connectivity index (χ0) is 17.7. The van der Waals surface area contributed by atoms with Crippen LogP contribution < -0.4 is 4.74 Å². The highest BCUT2D eigenvalue weighted by molar-refractivity contribution is 5.79. The lowest BCUT2D eigenvalue weighted by atomic mass is 10.0. The van der Waals surface area contributed by atoms with Crippen LogP contribution in [0.25, 0.3) is 0 Å². The van der Waals surface area contributed by atoms with Crippen LogP contribution in [-0.4, -0.2) is 61.7 Å². The molecule has 1 saturated heterocycles. The number of aryl methyl sites for hydroxylation is 2. The number of methoxy groups -OCH3 is 1. The Balaban J connectivity index is 1.95. The fraction of sp³-hybridized carbons (Fsp3) is 0.556. The first-order valence-electron chi connectivity index (χ1n) is 8.29. The minimum absolute atomic E-state index is 0.0891. The van der Waals surface area contributed by atoms with Gasteiger partial charge in [-0.3, -0.25) is 4.79 Å². The van der Waals surface area contributed by atoms with Gasteiger partial charge in [0.2, 0.25) is 5.91 Å². The molecule has 0 aromatic heterocycles. The molecule has 6 nitrogen and oxygen atoms in total. The van der Waals surface area contributed by atoms with E-state index in [1.54, 1.807) is 18.9 Å². The van der Waals surface area contributed by atoms with E-state index in [-0.39, 0.29) is 12.0 Å². The van der Waals surface area contributed by atoms with E-state index in [1.165, 1.54) is 0 Å². The Hall–Kier alpha value is -2.24. The molecule has 1 aliphatic heterocycles. The molecule has 1 aromatic carbocycles. The standard InChI is InChI=1S/C18H26N2O4/c1-5-24-18(22)20-8-6-19(7-9-20)17(21)12-15-10-14(3)16(23-4)11-13(15)2/h10-11H,5-9,12H2,1-4H3. The van der Waals surface area contributed by atoms with Crippen LogP contribution in [-0.2, 0) is 16.0 Å². The van der Waals surface area contributed by atoms with Gasteiger partial charge < -0.3 is 19.3 Å². The minimum Gasteiger partial charge on any atom is -0.496 e. The Morgan fingerprint density at radius 1 is 1.04 bits per heavy atom. The van der Waals surface area contributed by atoms with Gasteiger partial charge in [0.1, 0.15) is 5.75 Å². The van der Waals surface area contributed by atoms with Crippen molar-refractivity contribution in [2.75, 3.05) is 39.9 Å². The monoisotopic (exact) mass is 334 g/mol. The molecule has 24 heavy (non-hydrogen) atoms. The summed E-state index contributed by atoms with van der Waals surface area (Å²) in [7, 11) is 1.65. The van der Waals surface area contributed by atoms with Crippen LogP contribution in [0, 0.1) is 13.8 Å². The van der Waals surface area contributed by atoms with Crippen LogP contribution in [0.15, 0.2) is 12.1 Å². The molecule has 0 N–H and O–H groups in total. The number of nitrogens with zero attached hydrogens (tertiary/aromatic N) is 2. The lowest BCUT2D eigenvalue weighted by Crippen LogP contribution is -2.51. The molecular weight excluding hydrogens is 308 g/mol. The summed E-state index contributed by atoms with van der Waals surface area (Å²) < 4.78 is 10.3. The average Bonchev–Trinajstić information content (AvgIpc) is 2.58. The third-order valence-corrected chi connectivity index (χ3v) is 4.35. The topological polar surface area (TPSA) is 59.1 Å². The maximum absolute atomic E-state index is 12.5. The van der Waals surface area contributed by atoms with Gasteiger partial charge in [-0.05, 0) is 43.5 Å². The van der Waals surface area contributed by atoms with Gasteiger partial charge in [0.25, 0.3) is 0 Å². The van der Waals surface area contributed by atoms with Crippen molar-refractivity contribution in [2.24, 2.45) is 0 Å². The SMILES string of the molecule is CCOC(=O)N1CCN(C(=O)Cc2cc(C)c(OC)cc2C)CC1. The first kappa shape index (κ1) is 18.1. The Kier molecular flexibility index (Phi) is 6.06. The molecule has 0 saturated carbocycles. The Bertz CT molecular complexity index is 607. The highest BCUT2D eigenvalue weighted by Gasteiger charge is 2.25. The molecule has 1 heterocycles. The third-order valence-electron chi connectivity index (χ3n) is 4.35. The highest BCUT2D eigenvalue weighted by atomic mass is 16.6. The second-order valence-electron chi connectivity index (χ2n) is 5.99. The van der Waals surface area contributed by atoms with Gasteiger partial charge in [0.15, 0.2) is 0 Å². The molecule has 6 heteroatoms. The molecule has 1 fully saturated rings. The number of rotatable bonds is 4. The van der Waals surface area contributed by atoms with Crippen molar-refractivity contribution >= 4 is 12.0 Å². The van der Waals surface area contributed by atoms with E-state index < -0.39 is 0 Å². The summed E-state index contributed by atoms with van der Waals surface area (Å²) in [4.78, 5) is 27.7. The van der Waals surface area contributed by atoms with Gasteiger partial charge >= 0.3 is 6.09 Å². The van der Waals surface area contributed by atoms with Crippen LogP contribution in [0.4, 0.5) is 4.79 Å². The van der Waals surface area contributed by atoms with Crippen molar-refractivity contribution in [3.05, 3.63) is 28.8 Å². The predicted octanol–water partition coefficient (Wildman–Crippen LogP) is 2.16. The number of amides is 2. The summed E-state index contributed by atoms with van der Waals surface area (Å²) in [5.41, 5.74) is 3.10. The lowest BCUT2D eigenvalue weighted by molar-refractivity contribution is -0.132. The second-order valence-corrected chi connectivity index (χ2v) is 5.99. The van der Waals surface area contributed by atoms with E-state index in [0.29, 0.717) is 39.2 Å². The van der Waals surface area contributed by atoms with Crippen molar-refractivity contribution in [2.45, 2.75) is 27.2 Å². The van der Waals surface area contributed by atoms with E-state index in [4.69, 9.17) is 9.47 Å². The maximum atomic E-state index is 12.5. The summed E-state index contributed by atoms with van der Waals surface area (Å²) in [6, 6.07) is 3.98. The molecule has 132 valence electrons. The molecule has 1 aromatic rings. The lowest BCUT2D eigenvalue weighted by Gasteiger charge is -2.34. The van der Waals surface area contributed by atoms with Crippen LogP contribution >= 0.6 is 0 Å². The molecule has 2 rings (SSSR count). The van der Waals surface area contributed by atoms with Gasteiger partial charge in [0.05, 0.1) is 20.1 Å². The second kappa shape index (κ2) is 8.04. The zero-order valence-electron chi connectivity index (χ0n) is 14.9. The van der Waals surface area contributed by atoms with E-state index in [0.717, 1.165) is 22.4 Å². The van der Waals surface area contributed by atoms with E-state index in [2.05, 4.69) is 0 Å². The number of carbonyl (C=O) groups is 2. The van der Waals surface area contributed by atoms with Crippen molar-refractivity contribution in [3.8, 4) is 5.75 Å². The highest BCUT2D eigenvalue weighted by Crippen LogP contribution is 2.23. The molecule has 2 amide bonds. The quantitative estimate of drug-likeness (QED) is 0.847. The summed E-state index contributed by atoms with van der Waals surface area (Å²) in [6.45, 7) is 8.26. The molecule has 0 unspecified atom stereocenters. The molecule has 1 aliphatic rings. The smallest absolute Gasteiger partial charge is 0.409 e. The van der Waals surface area contributed by atoms with Gasteiger partial charge in [-0.2, -0.15) is 0 Å². The number of piperazine rings is 1. The predicted molar refractivity (Wildman–Crippen MR) is 91.3 cm³/mol. The molecule has 0 bridgehead atoms. The van der Waals surface area contributed by atoms with Gasteiger partial charge in [0, 0.05) is 26.2 Å². The number of ether oxygens (including phenoxy) is 2. The van der Waals surface area contributed by atoms with Crippen molar-refractivity contribution in [1.29, 1.82) is 0 Å². The van der Waals surface area contributed by atoms with Crippen molar-refractivity contribution in [3.63, 3.8) is 0 Å². The van der Waals surface area contributed by atoms with E-state index >= 15 is 0 Å². The zero-order valence-corrected chi connectivity index (χ0v) is 14.9. The molecule has 0 atom stereocenters. The van der Waals surface area contributed by atoms with E-state index in [1.807, 2.05) is 30.9 Å². The Morgan fingerprint density at radius 3 is 2.25 bits per heavy atom. The average molecular weight is 334 g/mol. The maximum Gasteiger partial charge on any atom is 0.409 e. The molecular formula is C18H26N2O4. The molecule has 0 radical (unpaired) electrons. The Morgan fingerprint density at radius 2 is 1.67 bits per heavy atom. The van der Waals surface area contributed by atoms with Gasteiger partial charge in [-0.1, -0.05) is 6.07 Å². The number of carbonyl (C=O) groups excluding carboxylic acids is 2. The minimum atomic E-state index is -0.300. The number of hydrogen-bond acceptors (Lipinski definition) is 4. The number of hydrogen-bond donors (Lipinski definition) is 0. The summed E-state index contributed by atoms with van der Waals surface area (Å²) in [5, 5.41) is 0. The van der Waals surface area contributed by atoms with Crippen LogP contribution in [0.1, 0.15) is 23.6 Å². The van der Waals surface area contributed by atoms with Crippen molar-refractivity contribution in [1.82, 2.24) is 9.80 Å². The first-order valence-corrected chi connectivity index (χ1v) is 8.29. The summed E-state index contributed by atoms with van der Waals surface area (Å²) in [6.07, 6.45) is 0.0713. The number of benzene rings is 1. The first-order chi connectivity index (χ1) is 11.5. The largest absolute Gasteiger partial charge is 0.496 e. The van der Waals surface area contributed by atoms with Gasteiger partial charge in [-0.15, -0.1) is 0 Å². The normalized spacial score (nSPS) is 14.5. The summed E-state index contributed by atoms with van der Waals surface area (Å²) in [5.74, 6) is 0.929. The third kappa shape index (κ3) is 4.19. The van der Waals surface area contributed by atoms with E-state index in [9.17, 15) is 9.59 Å². The fourth-order valence-corrected chi connectivity index (χ4v) is 2.89. The fourth-order valence-electron chi connectivity index (χ4n) is 2.89. The Labute approximate surface area is 143 Å².